The normalized spacial score (nSPS) is 10.3. The molecule has 1 N–H and O–H groups in total. The van der Waals surface area contributed by atoms with Crippen LogP contribution in [0.25, 0.3) is 0 Å². The predicted octanol–water partition coefficient (Wildman–Crippen LogP) is 4.05. The Morgan fingerprint density at radius 2 is 1.95 bits per heavy atom. The van der Waals surface area contributed by atoms with Crippen molar-refractivity contribution < 1.29 is 9.66 Å². The molecule has 0 spiro atoms. The fourth-order valence-electron chi connectivity index (χ4n) is 1.50. The number of nitro groups is 1. The van der Waals surface area contributed by atoms with E-state index in [1.165, 1.54) is 12.1 Å². The van der Waals surface area contributed by atoms with Crippen molar-refractivity contribution in [1.82, 2.24) is 9.97 Å². The van der Waals surface area contributed by atoms with Crippen molar-refractivity contribution in [3.63, 3.8) is 0 Å². The van der Waals surface area contributed by atoms with Gasteiger partial charge in [-0.3, -0.25) is 10.1 Å². The molecule has 0 aliphatic heterocycles. The van der Waals surface area contributed by atoms with E-state index in [0.717, 1.165) is 5.56 Å². The topological polar surface area (TPSA) is 90.2 Å². The van der Waals surface area contributed by atoms with Gasteiger partial charge in [-0.05, 0) is 38.8 Å². The number of anilines is 1. The van der Waals surface area contributed by atoms with E-state index in [-0.39, 0.29) is 5.69 Å². The van der Waals surface area contributed by atoms with Gasteiger partial charge in [-0.2, -0.15) is 4.98 Å². The van der Waals surface area contributed by atoms with Gasteiger partial charge in [0.1, 0.15) is 0 Å². The molecule has 0 radical (unpaired) electrons. The minimum absolute atomic E-state index is 0.0450. The number of aryl methyl sites for hydroxylation is 1. The Morgan fingerprint density at radius 1 is 1.33 bits per heavy atom. The lowest BCUT2D eigenvalue weighted by molar-refractivity contribution is -0.385. The van der Waals surface area contributed by atoms with E-state index in [1.54, 1.807) is 13.2 Å². The van der Waals surface area contributed by atoms with Crippen LogP contribution in [0.3, 0.4) is 0 Å². The second kappa shape index (κ2) is 6.35. The molecule has 1 aromatic carbocycles. The highest BCUT2D eigenvalue weighted by Gasteiger charge is 2.17. The molecule has 9 heteroatoms. The molecule has 1 heterocycles. The van der Waals surface area contributed by atoms with Crippen LogP contribution in [0.2, 0.25) is 0 Å². The Labute approximate surface area is 137 Å². The first-order chi connectivity index (χ1) is 9.92. The van der Waals surface area contributed by atoms with Crippen molar-refractivity contribution in [2.45, 2.75) is 6.92 Å². The fourth-order valence-corrected chi connectivity index (χ4v) is 2.82. The number of rotatable bonds is 4. The number of non-ortho nitro benzene ring substituents is 1. The number of benzene rings is 1. The monoisotopic (exact) mass is 416 g/mol. The van der Waals surface area contributed by atoms with Crippen LogP contribution >= 0.6 is 31.9 Å². The Kier molecular flexibility index (Phi) is 4.73. The maximum Gasteiger partial charge on any atom is 0.271 e. The van der Waals surface area contributed by atoms with E-state index in [9.17, 15) is 10.1 Å². The number of hydrogen-bond acceptors (Lipinski definition) is 6. The van der Waals surface area contributed by atoms with Crippen LogP contribution in [-0.2, 0) is 0 Å². The summed E-state index contributed by atoms with van der Waals surface area (Å²) in [7, 11) is 1.70. The van der Waals surface area contributed by atoms with Crippen LogP contribution in [-0.4, -0.2) is 21.9 Å². The molecule has 0 saturated carbocycles. The molecule has 21 heavy (non-hydrogen) atoms. The van der Waals surface area contributed by atoms with E-state index < -0.39 is 4.92 Å². The molecule has 110 valence electrons. The third-order valence-electron chi connectivity index (χ3n) is 2.54. The van der Waals surface area contributed by atoms with Gasteiger partial charge < -0.3 is 10.1 Å². The second-order valence-electron chi connectivity index (χ2n) is 4.03. The lowest BCUT2D eigenvalue weighted by Crippen LogP contribution is -2.00. The molecule has 0 aliphatic rings. The molecule has 1 aromatic heterocycles. The van der Waals surface area contributed by atoms with Crippen molar-refractivity contribution >= 4 is 43.5 Å². The molecule has 0 fully saturated rings. The largest absolute Gasteiger partial charge is 0.436 e. The van der Waals surface area contributed by atoms with Gasteiger partial charge in [0.2, 0.25) is 11.8 Å². The van der Waals surface area contributed by atoms with Gasteiger partial charge in [-0.25, -0.2) is 4.98 Å². The van der Waals surface area contributed by atoms with Gasteiger partial charge in [0, 0.05) is 30.9 Å². The zero-order valence-electron chi connectivity index (χ0n) is 11.1. The van der Waals surface area contributed by atoms with E-state index in [2.05, 4.69) is 47.1 Å². The minimum atomic E-state index is -0.478. The first kappa shape index (κ1) is 15.6. The Bertz CT molecular complexity index is 686. The van der Waals surface area contributed by atoms with Crippen molar-refractivity contribution in [3.05, 3.63) is 43.0 Å². The standard InChI is InChI=1S/C12H10Br2N4O3/c1-6-5-16-12(15-2)17-11(6)21-10-8(13)3-7(18(19)20)4-9(10)14/h3-5H,1-2H3,(H,15,16,17). The number of ether oxygens (including phenoxy) is 1. The molecule has 2 rings (SSSR count). The second-order valence-corrected chi connectivity index (χ2v) is 5.74. The maximum absolute atomic E-state index is 10.8. The zero-order valence-corrected chi connectivity index (χ0v) is 14.2. The lowest BCUT2D eigenvalue weighted by Gasteiger charge is -2.11. The summed E-state index contributed by atoms with van der Waals surface area (Å²) in [6.07, 6.45) is 1.63. The maximum atomic E-state index is 10.8. The number of nitrogens with zero attached hydrogens (tertiary/aromatic N) is 3. The quantitative estimate of drug-likeness (QED) is 0.596. The third-order valence-corrected chi connectivity index (χ3v) is 3.72. The highest BCUT2D eigenvalue weighted by Crippen LogP contribution is 2.39. The molecule has 0 saturated heterocycles. The van der Waals surface area contributed by atoms with E-state index in [1.807, 2.05) is 6.92 Å². The van der Waals surface area contributed by atoms with Gasteiger partial charge >= 0.3 is 0 Å². The Morgan fingerprint density at radius 3 is 2.48 bits per heavy atom. The highest BCUT2D eigenvalue weighted by atomic mass is 79.9. The molecular weight excluding hydrogens is 408 g/mol. The van der Waals surface area contributed by atoms with Crippen molar-refractivity contribution in [3.8, 4) is 11.6 Å². The molecular formula is C12H10Br2N4O3. The molecule has 0 bridgehead atoms. The summed E-state index contributed by atoms with van der Waals surface area (Å²) in [6.45, 7) is 1.81. The number of nitro benzene ring substituents is 1. The zero-order chi connectivity index (χ0) is 15.6. The average Bonchev–Trinajstić information content (AvgIpc) is 2.44. The van der Waals surface area contributed by atoms with Crippen LogP contribution in [0.15, 0.2) is 27.3 Å². The summed E-state index contributed by atoms with van der Waals surface area (Å²) in [5, 5.41) is 13.6. The first-order valence-corrected chi connectivity index (χ1v) is 7.33. The number of halogens is 2. The SMILES string of the molecule is CNc1ncc(C)c(Oc2c(Br)cc([N+](=O)[O-])cc2Br)n1. The molecule has 7 nitrogen and oxygen atoms in total. The summed E-state index contributed by atoms with van der Waals surface area (Å²) >= 11 is 6.53. The van der Waals surface area contributed by atoms with Crippen LogP contribution in [0, 0.1) is 17.0 Å². The van der Waals surface area contributed by atoms with Crippen molar-refractivity contribution in [1.29, 1.82) is 0 Å². The first-order valence-electron chi connectivity index (χ1n) is 5.75. The number of nitrogens with one attached hydrogen (secondary N) is 1. The molecule has 0 atom stereocenters. The summed E-state index contributed by atoms with van der Waals surface area (Å²) in [6, 6.07) is 2.74. The smallest absolute Gasteiger partial charge is 0.271 e. The van der Waals surface area contributed by atoms with Crippen molar-refractivity contribution in [2.24, 2.45) is 0 Å². The summed E-state index contributed by atoms with van der Waals surface area (Å²) in [4.78, 5) is 18.6. The fraction of sp³-hybridized carbons (Fsp3) is 0.167. The molecule has 0 unspecified atom stereocenters. The predicted molar refractivity (Wildman–Crippen MR) is 84.9 cm³/mol. The van der Waals surface area contributed by atoms with E-state index in [0.29, 0.717) is 26.5 Å². The minimum Gasteiger partial charge on any atom is -0.436 e. The molecule has 0 aliphatic carbocycles. The highest BCUT2D eigenvalue weighted by molar-refractivity contribution is 9.11. The van der Waals surface area contributed by atoms with E-state index in [4.69, 9.17) is 4.74 Å². The van der Waals surface area contributed by atoms with Gasteiger partial charge in [-0.1, -0.05) is 0 Å². The van der Waals surface area contributed by atoms with Crippen LogP contribution in [0.1, 0.15) is 5.56 Å². The molecule has 2 aromatic rings. The van der Waals surface area contributed by atoms with Gasteiger partial charge in [0.15, 0.2) is 5.75 Å². The van der Waals surface area contributed by atoms with E-state index >= 15 is 0 Å². The van der Waals surface area contributed by atoms with Gasteiger partial charge in [-0.15, -0.1) is 0 Å². The molecule has 0 amide bonds. The Balaban J connectivity index is 2.42. The summed E-state index contributed by atoms with van der Waals surface area (Å²) in [5.74, 6) is 1.19. The average molecular weight is 418 g/mol. The van der Waals surface area contributed by atoms with Crippen LogP contribution in [0.4, 0.5) is 11.6 Å². The van der Waals surface area contributed by atoms with Gasteiger partial charge in [0.05, 0.1) is 13.9 Å². The number of hydrogen-bond donors (Lipinski definition) is 1. The number of aromatic nitrogens is 2. The Hall–Kier alpha value is -1.74. The van der Waals surface area contributed by atoms with Crippen molar-refractivity contribution in [2.75, 3.05) is 12.4 Å². The lowest BCUT2D eigenvalue weighted by atomic mass is 10.3. The van der Waals surface area contributed by atoms with Gasteiger partial charge in [0.25, 0.3) is 5.69 Å². The van der Waals surface area contributed by atoms with Crippen LogP contribution in [0.5, 0.6) is 11.6 Å². The summed E-state index contributed by atoms with van der Waals surface area (Å²) < 4.78 is 6.64. The third kappa shape index (κ3) is 3.48. The summed E-state index contributed by atoms with van der Waals surface area (Å²) in [5.41, 5.74) is 0.697. The van der Waals surface area contributed by atoms with Crippen LogP contribution < -0.4 is 10.1 Å².